The van der Waals surface area contributed by atoms with Gasteiger partial charge in [0.05, 0.1) is 12.7 Å². The zero-order valence-corrected chi connectivity index (χ0v) is 14.8. The van der Waals surface area contributed by atoms with Gasteiger partial charge in [0, 0.05) is 30.9 Å². The highest BCUT2D eigenvalue weighted by molar-refractivity contribution is 5.96. The van der Waals surface area contributed by atoms with Gasteiger partial charge in [0.2, 0.25) is 0 Å². The van der Waals surface area contributed by atoms with Gasteiger partial charge in [0.15, 0.2) is 0 Å². The van der Waals surface area contributed by atoms with E-state index in [9.17, 15) is 9.59 Å². The second kappa shape index (κ2) is 8.34. The summed E-state index contributed by atoms with van der Waals surface area (Å²) < 4.78 is 5.91. The van der Waals surface area contributed by atoms with Crippen LogP contribution in [-0.2, 0) is 4.74 Å². The molecule has 25 heavy (non-hydrogen) atoms. The number of ether oxygens (including phenoxy) is 1. The number of benzene rings is 1. The van der Waals surface area contributed by atoms with Crippen LogP contribution < -0.4 is 15.5 Å². The van der Waals surface area contributed by atoms with Crippen molar-refractivity contribution in [1.82, 2.24) is 10.6 Å². The van der Waals surface area contributed by atoms with Crippen LogP contribution in [0.4, 0.5) is 10.5 Å². The highest BCUT2D eigenvalue weighted by Gasteiger charge is 2.22. The first-order chi connectivity index (χ1) is 12.1. The molecule has 2 aliphatic rings. The smallest absolute Gasteiger partial charge is 0.321 e. The Balaban J connectivity index is 1.43. The van der Waals surface area contributed by atoms with Crippen molar-refractivity contribution in [1.29, 1.82) is 0 Å². The maximum absolute atomic E-state index is 12.2. The molecule has 6 nitrogen and oxygen atoms in total. The van der Waals surface area contributed by atoms with Crippen LogP contribution in [0.15, 0.2) is 24.3 Å². The van der Waals surface area contributed by atoms with Gasteiger partial charge in [0.1, 0.15) is 0 Å². The molecular weight excluding hydrogens is 318 g/mol. The summed E-state index contributed by atoms with van der Waals surface area (Å²) in [5.74, 6) is 0.498. The molecule has 6 heteroatoms. The van der Waals surface area contributed by atoms with Crippen LogP contribution in [0.5, 0.6) is 0 Å². The number of hydrogen-bond acceptors (Lipinski definition) is 3. The van der Waals surface area contributed by atoms with Gasteiger partial charge in [0.25, 0.3) is 5.91 Å². The average Bonchev–Trinajstić information content (AvgIpc) is 3.06. The number of anilines is 1. The number of urea groups is 1. The number of nitrogens with zero attached hydrogens (tertiary/aromatic N) is 1. The van der Waals surface area contributed by atoms with Crippen molar-refractivity contribution in [3.8, 4) is 0 Å². The molecule has 2 fully saturated rings. The van der Waals surface area contributed by atoms with E-state index in [1.165, 1.54) is 19.3 Å². The zero-order chi connectivity index (χ0) is 17.6. The molecule has 1 aromatic rings. The highest BCUT2D eigenvalue weighted by Crippen LogP contribution is 2.26. The Kier molecular flexibility index (Phi) is 5.91. The lowest BCUT2D eigenvalue weighted by atomic mass is 9.88. The lowest BCUT2D eigenvalue weighted by Gasteiger charge is -2.28. The molecule has 1 aromatic carbocycles. The van der Waals surface area contributed by atoms with Gasteiger partial charge in [-0.1, -0.05) is 19.8 Å². The first-order valence-electron chi connectivity index (χ1n) is 9.20. The van der Waals surface area contributed by atoms with Crippen molar-refractivity contribution in [3.63, 3.8) is 0 Å². The molecule has 0 bridgehead atoms. The molecule has 2 N–H and O–H groups in total. The molecule has 3 amide bonds. The lowest BCUT2D eigenvalue weighted by Crippen LogP contribution is -2.32. The molecule has 0 spiro atoms. The molecule has 0 radical (unpaired) electrons. The molecule has 3 rings (SSSR count). The molecular formula is C19H27N3O3. The van der Waals surface area contributed by atoms with Gasteiger partial charge in [-0.25, -0.2) is 4.79 Å². The van der Waals surface area contributed by atoms with E-state index in [-0.39, 0.29) is 11.9 Å². The Hall–Kier alpha value is -2.08. The zero-order valence-electron chi connectivity index (χ0n) is 14.8. The fourth-order valence-corrected chi connectivity index (χ4v) is 3.52. The monoisotopic (exact) mass is 345 g/mol. The molecule has 1 aliphatic carbocycles. The predicted molar refractivity (Wildman–Crippen MR) is 96.9 cm³/mol. The summed E-state index contributed by atoms with van der Waals surface area (Å²) in [6.45, 7) is 4.61. The molecule has 1 heterocycles. The molecule has 1 aliphatic heterocycles. The minimum absolute atomic E-state index is 0.0914. The Labute approximate surface area is 148 Å². The highest BCUT2D eigenvalue weighted by atomic mass is 16.5. The Morgan fingerprint density at radius 2 is 2.04 bits per heavy atom. The molecule has 2 atom stereocenters. The second-order valence-electron chi connectivity index (χ2n) is 6.86. The summed E-state index contributed by atoms with van der Waals surface area (Å²) in [7, 11) is 0. The van der Waals surface area contributed by atoms with E-state index in [2.05, 4.69) is 17.6 Å². The standard InChI is InChI=1S/C19H27N3O3/c1-14-4-2-3-5-17(14)25-13-11-20-18(23)15-6-8-16(9-7-15)22-12-10-21-19(22)24/h6-9,14,17H,2-5,10-13H2,1H3,(H,20,23)(H,21,24)/t14-,17-/m1/s1. The van der Waals surface area contributed by atoms with Crippen molar-refractivity contribution in [2.45, 2.75) is 38.7 Å². The van der Waals surface area contributed by atoms with Crippen molar-refractivity contribution in [2.75, 3.05) is 31.1 Å². The normalized spacial score (nSPS) is 23.4. The summed E-state index contributed by atoms with van der Waals surface area (Å²) in [5, 5.41) is 5.66. The lowest BCUT2D eigenvalue weighted by molar-refractivity contribution is -0.00293. The largest absolute Gasteiger partial charge is 0.376 e. The van der Waals surface area contributed by atoms with Crippen molar-refractivity contribution < 1.29 is 14.3 Å². The summed E-state index contributed by atoms with van der Waals surface area (Å²) in [4.78, 5) is 25.5. The molecule has 0 aromatic heterocycles. The number of amides is 3. The summed E-state index contributed by atoms with van der Waals surface area (Å²) in [6, 6.07) is 7.02. The van der Waals surface area contributed by atoms with Gasteiger partial charge < -0.3 is 15.4 Å². The van der Waals surface area contributed by atoms with E-state index < -0.39 is 0 Å². The van der Waals surface area contributed by atoms with Crippen molar-refractivity contribution in [3.05, 3.63) is 29.8 Å². The number of rotatable bonds is 6. The van der Waals surface area contributed by atoms with Crippen LogP contribution in [0, 0.1) is 5.92 Å². The van der Waals surface area contributed by atoms with E-state index in [0.717, 1.165) is 12.1 Å². The fraction of sp³-hybridized carbons (Fsp3) is 0.579. The number of carbonyl (C=O) groups excluding carboxylic acids is 2. The first-order valence-corrected chi connectivity index (χ1v) is 9.20. The van der Waals surface area contributed by atoms with Gasteiger partial charge >= 0.3 is 6.03 Å². The van der Waals surface area contributed by atoms with E-state index in [1.54, 1.807) is 29.2 Å². The third kappa shape index (κ3) is 4.51. The minimum atomic E-state index is -0.113. The average molecular weight is 345 g/mol. The number of nitrogens with one attached hydrogen (secondary N) is 2. The topological polar surface area (TPSA) is 70.7 Å². The van der Waals surface area contributed by atoms with E-state index in [4.69, 9.17) is 4.74 Å². The quantitative estimate of drug-likeness (QED) is 0.779. The Bertz CT molecular complexity index is 602. The van der Waals surface area contributed by atoms with Crippen LogP contribution in [0.3, 0.4) is 0 Å². The van der Waals surface area contributed by atoms with Gasteiger partial charge in [-0.05, 0) is 43.0 Å². The molecule has 136 valence electrons. The summed E-state index contributed by atoms with van der Waals surface area (Å²) >= 11 is 0. The molecule has 1 saturated carbocycles. The van der Waals surface area contributed by atoms with Crippen LogP contribution >= 0.6 is 0 Å². The SMILES string of the molecule is C[C@@H]1CCCC[C@H]1OCCNC(=O)c1ccc(N2CCNC2=O)cc1. The second-order valence-corrected chi connectivity index (χ2v) is 6.86. The summed E-state index contributed by atoms with van der Waals surface area (Å²) in [5.41, 5.74) is 1.40. The summed E-state index contributed by atoms with van der Waals surface area (Å²) in [6.07, 6.45) is 5.23. The van der Waals surface area contributed by atoms with Crippen LogP contribution in [0.2, 0.25) is 0 Å². The third-order valence-corrected chi connectivity index (χ3v) is 5.05. The Morgan fingerprint density at radius 3 is 2.72 bits per heavy atom. The fourth-order valence-electron chi connectivity index (χ4n) is 3.52. The first kappa shape index (κ1) is 17.7. The van der Waals surface area contributed by atoms with Gasteiger partial charge in [-0.2, -0.15) is 0 Å². The maximum atomic E-state index is 12.2. The maximum Gasteiger partial charge on any atom is 0.321 e. The molecule has 0 unspecified atom stereocenters. The van der Waals surface area contributed by atoms with Crippen LogP contribution in [0.25, 0.3) is 0 Å². The van der Waals surface area contributed by atoms with Gasteiger partial charge in [-0.3, -0.25) is 9.69 Å². The predicted octanol–water partition coefficient (Wildman–Crippen LogP) is 2.54. The van der Waals surface area contributed by atoms with Gasteiger partial charge in [-0.15, -0.1) is 0 Å². The van der Waals surface area contributed by atoms with E-state index in [0.29, 0.717) is 43.8 Å². The van der Waals surface area contributed by atoms with Crippen LogP contribution in [0.1, 0.15) is 43.0 Å². The van der Waals surface area contributed by atoms with E-state index in [1.807, 2.05) is 0 Å². The minimum Gasteiger partial charge on any atom is -0.376 e. The molecule has 1 saturated heterocycles. The third-order valence-electron chi connectivity index (χ3n) is 5.05. The van der Waals surface area contributed by atoms with Crippen LogP contribution in [-0.4, -0.2) is 44.3 Å². The van der Waals surface area contributed by atoms with E-state index >= 15 is 0 Å². The number of carbonyl (C=O) groups is 2. The van der Waals surface area contributed by atoms with Crippen molar-refractivity contribution >= 4 is 17.6 Å². The Morgan fingerprint density at radius 1 is 1.28 bits per heavy atom. The van der Waals surface area contributed by atoms with Crippen molar-refractivity contribution in [2.24, 2.45) is 5.92 Å². The number of hydrogen-bond donors (Lipinski definition) is 2.